The first-order valence-corrected chi connectivity index (χ1v) is 26.3. The van der Waals surface area contributed by atoms with Crippen molar-refractivity contribution < 1.29 is 11.3 Å². The molecule has 2 aliphatic heterocycles. The second-order valence-electron chi connectivity index (χ2n) is 27.0. The Labute approximate surface area is 427 Å². The van der Waals surface area contributed by atoms with Gasteiger partial charge < -0.3 is 14.2 Å². The number of rotatable bonds is 3. The fourth-order valence-electron chi connectivity index (χ4n) is 13.5. The Kier molecular flexibility index (Phi) is 8.36. The van der Waals surface area contributed by atoms with Crippen molar-refractivity contribution in [1.82, 2.24) is 0 Å². The Hall–Kier alpha value is -5.48. The van der Waals surface area contributed by atoms with Crippen LogP contribution in [-0.4, -0.2) is 6.71 Å². The van der Waals surface area contributed by atoms with E-state index in [9.17, 15) is 2.74 Å². The summed E-state index contributed by atoms with van der Waals surface area (Å²) in [6.45, 7) is 35.1. The standard InChI is InChI=1S/C66H75BN2O/c1-60(2,3)42-21-23-43(24-22-42)69-55-34-41(40-19-17-16-18-20-40)33-54-57(55)67(59-58(69)45-36-48-51(39-56(45)70-59)66(14,15)32-29-63(48,8)9)52-37-49-50(65(12,13)31-30-64(49,10)11)38-53(52)68(54)44-25-26-46-47(35-44)62(6,7)28-27-61(46,4)5/h16-26,33-39H,27-32H2,1-15H3/i16D,17D,18D,19D,20D. The molecule has 0 saturated heterocycles. The summed E-state index contributed by atoms with van der Waals surface area (Å²) in [5.74, 6) is 0. The van der Waals surface area contributed by atoms with E-state index in [4.69, 9.17) is 8.53 Å². The van der Waals surface area contributed by atoms with Crippen LogP contribution >= 0.6 is 0 Å². The molecular weight excluding hydrogens is 848 g/mol. The van der Waals surface area contributed by atoms with Crippen LogP contribution in [0.3, 0.4) is 0 Å². The Morgan fingerprint density at radius 2 is 0.971 bits per heavy atom. The van der Waals surface area contributed by atoms with Gasteiger partial charge in [0.25, 0.3) is 6.71 Å². The van der Waals surface area contributed by atoms with Crippen LogP contribution in [0.2, 0.25) is 0 Å². The summed E-state index contributed by atoms with van der Waals surface area (Å²) in [4.78, 5) is 4.86. The van der Waals surface area contributed by atoms with Gasteiger partial charge in [-0.1, -0.05) is 158 Å². The molecule has 1 aromatic heterocycles. The summed E-state index contributed by atoms with van der Waals surface area (Å²) < 4.78 is 53.5. The average Bonchev–Trinajstić information content (AvgIpc) is 3.74. The van der Waals surface area contributed by atoms with Crippen molar-refractivity contribution in [2.24, 2.45) is 0 Å². The lowest BCUT2D eigenvalue weighted by Gasteiger charge is -2.47. The summed E-state index contributed by atoms with van der Waals surface area (Å²) in [6.07, 6.45) is 6.47. The lowest BCUT2D eigenvalue weighted by Crippen LogP contribution is -2.61. The van der Waals surface area contributed by atoms with Crippen LogP contribution in [0.15, 0.2) is 113 Å². The molecule has 0 fully saturated rings. The van der Waals surface area contributed by atoms with E-state index < -0.39 is 6.04 Å². The first-order valence-electron chi connectivity index (χ1n) is 28.8. The molecule has 70 heavy (non-hydrogen) atoms. The Bertz CT molecular complexity index is 3600. The quantitative estimate of drug-likeness (QED) is 0.165. The van der Waals surface area contributed by atoms with Crippen molar-refractivity contribution in [2.45, 2.75) is 180 Å². The molecule has 12 rings (SSSR count). The molecule has 3 nitrogen and oxygen atoms in total. The highest BCUT2D eigenvalue weighted by molar-refractivity contribution is 7.00. The van der Waals surface area contributed by atoms with E-state index in [0.717, 1.165) is 94.7 Å². The zero-order valence-corrected chi connectivity index (χ0v) is 44.6. The van der Waals surface area contributed by atoms with Crippen LogP contribution in [-0.2, 0) is 37.9 Å². The van der Waals surface area contributed by atoms with Gasteiger partial charge in [-0.05, 0) is 192 Å². The third kappa shape index (κ3) is 6.66. The van der Waals surface area contributed by atoms with Gasteiger partial charge in [0.2, 0.25) is 0 Å². The van der Waals surface area contributed by atoms with Gasteiger partial charge in [0, 0.05) is 33.8 Å². The predicted octanol–water partition coefficient (Wildman–Crippen LogP) is 16.5. The maximum Gasteiger partial charge on any atom is 0.297 e. The van der Waals surface area contributed by atoms with Gasteiger partial charge in [0.15, 0.2) is 0 Å². The van der Waals surface area contributed by atoms with E-state index in [0.29, 0.717) is 5.56 Å². The maximum atomic E-state index is 9.54. The molecule has 358 valence electrons. The summed E-state index contributed by atoms with van der Waals surface area (Å²) in [7, 11) is 0. The van der Waals surface area contributed by atoms with Crippen molar-refractivity contribution in [2.75, 3.05) is 9.80 Å². The highest BCUT2D eigenvalue weighted by Gasteiger charge is 2.50. The largest absolute Gasteiger partial charge is 0.468 e. The van der Waals surface area contributed by atoms with Crippen LogP contribution < -0.4 is 26.4 Å². The first-order chi connectivity index (χ1) is 34.8. The summed E-state index contributed by atoms with van der Waals surface area (Å²) in [5, 5.41) is 1.05. The van der Waals surface area contributed by atoms with Crippen LogP contribution in [0.5, 0.6) is 0 Å². The fourth-order valence-corrected chi connectivity index (χ4v) is 13.5. The average molecular weight is 928 g/mol. The molecule has 4 heteroatoms. The molecule has 0 amide bonds. The van der Waals surface area contributed by atoms with E-state index in [-0.39, 0.29) is 74.4 Å². The lowest BCUT2D eigenvalue weighted by atomic mass is 9.35. The van der Waals surface area contributed by atoms with E-state index in [1.807, 2.05) is 0 Å². The second kappa shape index (κ2) is 14.6. The van der Waals surface area contributed by atoms with Gasteiger partial charge in [-0.15, -0.1) is 0 Å². The normalized spacial score (nSPS) is 21.5. The molecule has 0 atom stereocenters. The Morgan fingerprint density at radius 1 is 0.486 bits per heavy atom. The zero-order chi connectivity index (χ0) is 53.8. The van der Waals surface area contributed by atoms with Crippen LogP contribution in [0.25, 0.3) is 22.1 Å². The number of nitrogens with zero attached hydrogens (tertiary/aromatic N) is 2. The van der Waals surface area contributed by atoms with E-state index in [2.05, 4.69) is 193 Å². The van der Waals surface area contributed by atoms with Gasteiger partial charge >= 0.3 is 0 Å². The topological polar surface area (TPSA) is 19.6 Å². The van der Waals surface area contributed by atoms with Gasteiger partial charge in [-0.2, -0.15) is 0 Å². The van der Waals surface area contributed by atoms with Crippen LogP contribution in [0.4, 0.5) is 34.1 Å². The highest BCUT2D eigenvalue weighted by Crippen LogP contribution is 2.55. The van der Waals surface area contributed by atoms with Gasteiger partial charge in [-0.3, -0.25) is 0 Å². The lowest BCUT2D eigenvalue weighted by molar-refractivity contribution is 0.332. The molecule has 0 spiro atoms. The molecule has 0 bridgehead atoms. The first kappa shape index (κ1) is 40.2. The number of furan rings is 1. The maximum absolute atomic E-state index is 9.54. The van der Waals surface area contributed by atoms with E-state index >= 15 is 0 Å². The van der Waals surface area contributed by atoms with Gasteiger partial charge in [0.1, 0.15) is 5.58 Å². The molecule has 3 aliphatic carbocycles. The van der Waals surface area contributed by atoms with E-state index in [1.165, 1.54) is 44.4 Å². The van der Waals surface area contributed by atoms with Crippen molar-refractivity contribution in [1.29, 1.82) is 0 Å². The minimum Gasteiger partial charge on any atom is -0.468 e. The predicted molar refractivity (Wildman–Crippen MR) is 300 cm³/mol. The van der Waals surface area contributed by atoms with Crippen molar-refractivity contribution in [3.05, 3.63) is 148 Å². The zero-order valence-electron chi connectivity index (χ0n) is 49.6. The van der Waals surface area contributed by atoms with Gasteiger partial charge in [0.05, 0.1) is 18.2 Å². The molecule has 0 radical (unpaired) electrons. The molecule has 0 saturated carbocycles. The summed E-state index contributed by atoms with van der Waals surface area (Å²) in [6, 6.07) is 28.7. The molecule has 5 aliphatic rings. The molecule has 7 aromatic rings. The SMILES string of the molecule is [2H]c1c([2H])c([2H])c(-c2cc3c4c(c2)N(c2ccc(C(C)(C)C)cc2)c2c(oc5cc6c(cc25)C(C)(C)CCC6(C)C)B4c2cc4c(cc2N3c2ccc3c(c2)C(C)(C)CCC3(C)C)C(C)(C)CCC4(C)C)c([2H])c1[2H]. The summed E-state index contributed by atoms with van der Waals surface area (Å²) >= 11 is 0. The Balaban J connectivity index is 1.27. The number of hydrogen-bond donors (Lipinski definition) is 0. The third-order valence-electron chi connectivity index (χ3n) is 18.5. The molecule has 3 heterocycles. The third-order valence-corrected chi connectivity index (χ3v) is 18.5. The van der Waals surface area contributed by atoms with Crippen molar-refractivity contribution in [3.63, 3.8) is 0 Å². The smallest absolute Gasteiger partial charge is 0.297 e. The fraction of sp³-hybridized carbons (Fsp3) is 0.424. The molecule has 0 unspecified atom stereocenters. The van der Waals surface area contributed by atoms with Crippen molar-refractivity contribution >= 4 is 68.4 Å². The minimum atomic E-state index is -0.400. The molecule has 6 aromatic carbocycles. The minimum absolute atomic E-state index is 0.00737. The summed E-state index contributed by atoms with van der Waals surface area (Å²) in [5.41, 5.74) is 19.6. The highest BCUT2D eigenvalue weighted by atomic mass is 16.3. The number of hydrogen-bond acceptors (Lipinski definition) is 3. The number of anilines is 6. The number of benzene rings is 6. The number of fused-ring (bicyclic) bond motifs is 9. The molecule has 0 N–H and O–H groups in total. The second-order valence-corrected chi connectivity index (χ2v) is 27.0. The van der Waals surface area contributed by atoms with Gasteiger partial charge in [-0.25, -0.2) is 0 Å². The van der Waals surface area contributed by atoms with Crippen LogP contribution in [0.1, 0.15) is 188 Å². The molecular formula is C66H75BN2O. The monoisotopic (exact) mass is 928 g/mol. The van der Waals surface area contributed by atoms with Crippen LogP contribution in [0, 0.1) is 0 Å². The van der Waals surface area contributed by atoms with Crippen molar-refractivity contribution in [3.8, 4) is 11.1 Å². The van der Waals surface area contributed by atoms with E-state index in [1.54, 1.807) is 0 Å². The Morgan fingerprint density at radius 3 is 1.54 bits per heavy atom.